The van der Waals surface area contributed by atoms with Crippen molar-refractivity contribution in [2.24, 2.45) is 5.10 Å². The van der Waals surface area contributed by atoms with Crippen LogP contribution < -0.4 is 25.5 Å². The van der Waals surface area contributed by atoms with E-state index in [0.29, 0.717) is 28.4 Å². The highest BCUT2D eigenvalue weighted by Crippen LogP contribution is 2.17. The van der Waals surface area contributed by atoms with Crippen LogP contribution in [0.1, 0.15) is 5.56 Å². The Bertz CT molecular complexity index is 1200. The van der Waals surface area contributed by atoms with Gasteiger partial charge in [-0.25, -0.2) is 9.82 Å². The molecule has 9 nitrogen and oxygen atoms in total. The Morgan fingerprint density at radius 1 is 0.912 bits per heavy atom. The molecule has 0 aliphatic heterocycles. The molecule has 0 heterocycles. The predicted molar refractivity (Wildman–Crippen MR) is 124 cm³/mol. The second-order valence-corrected chi connectivity index (χ2v) is 6.77. The van der Waals surface area contributed by atoms with Crippen LogP contribution in [-0.2, 0) is 14.4 Å². The molecule has 3 N–H and O–H groups in total. The van der Waals surface area contributed by atoms with Crippen LogP contribution in [0.4, 0.5) is 15.8 Å². The van der Waals surface area contributed by atoms with Crippen molar-refractivity contribution in [1.82, 2.24) is 5.43 Å². The molecule has 3 rings (SSSR count). The Morgan fingerprint density at radius 2 is 1.68 bits per heavy atom. The van der Waals surface area contributed by atoms with Gasteiger partial charge >= 0.3 is 11.8 Å². The van der Waals surface area contributed by atoms with Crippen LogP contribution in [0.25, 0.3) is 0 Å². The molecule has 0 spiro atoms. The molecule has 0 bridgehead atoms. The van der Waals surface area contributed by atoms with Gasteiger partial charge in [-0.05, 0) is 48.5 Å². The molecule has 0 aromatic heterocycles. The van der Waals surface area contributed by atoms with Gasteiger partial charge in [0, 0.05) is 23.0 Å². The summed E-state index contributed by atoms with van der Waals surface area (Å²) in [5.74, 6) is -1.88. The maximum atomic E-state index is 13.0. The molecule has 3 aromatic carbocycles. The van der Waals surface area contributed by atoms with E-state index in [0.717, 1.165) is 0 Å². The number of nitrogens with zero attached hydrogens (tertiary/aromatic N) is 1. The summed E-state index contributed by atoms with van der Waals surface area (Å²) in [5.41, 5.74) is 3.41. The number of hydrazone groups is 1. The first kappa shape index (κ1) is 23.9. The molecular formula is C24H21FN4O5. The Kier molecular flexibility index (Phi) is 8.28. The van der Waals surface area contributed by atoms with Crippen LogP contribution in [0.2, 0.25) is 0 Å². The molecule has 174 valence electrons. The number of amides is 3. The number of halogens is 1. The van der Waals surface area contributed by atoms with Crippen molar-refractivity contribution in [3.63, 3.8) is 0 Å². The fourth-order valence-corrected chi connectivity index (χ4v) is 2.69. The minimum atomic E-state index is -0.976. The summed E-state index contributed by atoms with van der Waals surface area (Å²) in [5, 5.41) is 8.80. The monoisotopic (exact) mass is 464 g/mol. The number of methoxy groups -OCH3 is 1. The summed E-state index contributed by atoms with van der Waals surface area (Å²) < 4.78 is 23.5. The van der Waals surface area contributed by atoms with Gasteiger partial charge in [-0.15, -0.1) is 0 Å². The van der Waals surface area contributed by atoms with E-state index in [9.17, 15) is 18.8 Å². The first-order chi connectivity index (χ1) is 16.4. The molecular weight excluding hydrogens is 443 g/mol. The van der Waals surface area contributed by atoms with Crippen molar-refractivity contribution in [3.05, 3.63) is 84.2 Å². The number of benzene rings is 3. The van der Waals surface area contributed by atoms with Crippen molar-refractivity contribution >= 4 is 35.3 Å². The largest absolute Gasteiger partial charge is 0.497 e. The average molecular weight is 464 g/mol. The third-order valence-electron chi connectivity index (χ3n) is 4.31. The summed E-state index contributed by atoms with van der Waals surface area (Å²) in [7, 11) is 1.49. The van der Waals surface area contributed by atoms with E-state index in [-0.39, 0.29) is 6.61 Å². The predicted octanol–water partition coefficient (Wildman–Crippen LogP) is 2.94. The topological polar surface area (TPSA) is 118 Å². The zero-order valence-electron chi connectivity index (χ0n) is 18.1. The highest BCUT2D eigenvalue weighted by Gasteiger charge is 2.13. The lowest BCUT2D eigenvalue weighted by Crippen LogP contribution is -2.32. The highest BCUT2D eigenvalue weighted by molar-refractivity contribution is 6.39. The molecule has 0 saturated carbocycles. The maximum absolute atomic E-state index is 13.0. The number of hydrogen-bond acceptors (Lipinski definition) is 6. The lowest BCUT2D eigenvalue weighted by atomic mass is 10.2. The molecule has 0 saturated heterocycles. The van der Waals surface area contributed by atoms with E-state index < -0.39 is 23.5 Å². The van der Waals surface area contributed by atoms with Crippen LogP contribution in [0.15, 0.2) is 77.9 Å². The van der Waals surface area contributed by atoms with E-state index in [1.807, 2.05) is 0 Å². The third kappa shape index (κ3) is 7.16. The minimum absolute atomic E-state index is 0.308. The van der Waals surface area contributed by atoms with Gasteiger partial charge in [-0.3, -0.25) is 14.4 Å². The summed E-state index contributed by atoms with van der Waals surface area (Å²) in [6.07, 6.45) is 1.28. The zero-order valence-corrected chi connectivity index (χ0v) is 18.1. The maximum Gasteiger partial charge on any atom is 0.329 e. The van der Waals surface area contributed by atoms with E-state index in [4.69, 9.17) is 9.47 Å². The number of carbonyl (C=O) groups is 3. The number of rotatable bonds is 8. The first-order valence-electron chi connectivity index (χ1n) is 10.0. The van der Waals surface area contributed by atoms with Gasteiger partial charge in [0.15, 0.2) is 6.61 Å². The second-order valence-electron chi connectivity index (χ2n) is 6.77. The number of nitrogens with one attached hydrogen (secondary N) is 3. The van der Waals surface area contributed by atoms with Gasteiger partial charge in [0.05, 0.1) is 13.3 Å². The van der Waals surface area contributed by atoms with Gasteiger partial charge < -0.3 is 20.1 Å². The highest BCUT2D eigenvalue weighted by atomic mass is 19.1. The standard InChI is InChI=1S/C24H21FN4O5/c1-33-20-7-4-6-19(13-20)28-23(31)24(32)29-26-14-16-5-2-3-8-21(16)34-15-22(30)27-18-11-9-17(25)10-12-18/h2-14H,15H2,1H3,(H,27,30)(H,28,31)(H,29,32)/b26-14-. The molecule has 0 fully saturated rings. The van der Waals surface area contributed by atoms with Gasteiger partial charge in [-0.2, -0.15) is 5.10 Å². The van der Waals surface area contributed by atoms with Gasteiger partial charge in [0.25, 0.3) is 5.91 Å². The molecule has 34 heavy (non-hydrogen) atoms. The van der Waals surface area contributed by atoms with E-state index >= 15 is 0 Å². The molecule has 0 aliphatic rings. The van der Waals surface area contributed by atoms with Crippen LogP contribution in [-0.4, -0.2) is 37.7 Å². The van der Waals surface area contributed by atoms with Gasteiger partial charge in [0.2, 0.25) is 0 Å². The normalized spacial score (nSPS) is 10.4. The fourth-order valence-electron chi connectivity index (χ4n) is 2.69. The molecule has 0 radical (unpaired) electrons. The molecule has 0 atom stereocenters. The summed E-state index contributed by atoms with van der Waals surface area (Å²) in [6, 6.07) is 18.5. The molecule has 10 heteroatoms. The van der Waals surface area contributed by atoms with Crippen molar-refractivity contribution in [1.29, 1.82) is 0 Å². The number of carbonyl (C=O) groups excluding carboxylic acids is 3. The number of para-hydroxylation sites is 1. The minimum Gasteiger partial charge on any atom is -0.497 e. The lowest BCUT2D eigenvalue weighted by molar-refractivity contribution is -0.136. The van der Waals surface area contributed by atoms with E-state index in [1.54, 1.807) is 48.5 Å². The third-order valence-corrected chi connectivity index (χ3v) is 4.31. The number of hydrogen-bond donors (Lipinski definition) is 3. The number of anilines is 2. The van der Waals surface area contributed by atoms with E-state index in [2.05, 4.69) is 21.2 Å². The van der Waals surface area contributed by atoms with Crippen molar-refractivity contribution in [2.75, 3.05) is 24.4 Å². The summed E-state index contributed by atoms with van der Waals surface area (Å²) in [6.45, 7) is -0.308. The molecule has 3 amide bonds. The van der Waals surface area contributed by atoms with Crippen LogP contribution in [0.3, 0.4) is 0 Å². The van der Waals surface area contributed by atoms with Crippen LogP contribution >= 0.6 is 0 Å². The van der Waals surface area contributed by atoms with Crippen molar-refractivity contribution in [3.8, 4) is 11.5 Å². The van der Waals surface area contributed by atoms with E-state index in [1.165, 1.54) is 37.6 Å². The Morgan fingerprint density at radius 3 is 2.44 bits per heavy atom. The lowest BCUT2D eigenvalue weighted by Gasteiger charge is -2.09. The smallest absolute Gasteiger partial charge is 0.329 e. The summed E-state index contributed by atoms with van der Waals surface area (Å²) >= 11 is 0. The fraction of sp³-hybridized carbons (Fsp3) is 0.0833. The van der Waals surface area contributed by atoms with Gasteiger partial charge in [-0.1, -0.05) is 18.2 Å². The quantitative estimate of drug-likeness (QED) is 0.269. The average Bonchev–Trinajstić information content (AvgIpc) is 2.85. The second kappa shape index (κ2) is 11.8. The van der Waals surface area contributed by atoms with Crippen molar-refractivity contribution < 1.29 is 28.2 Å². The number of ether oxygens (including phenoxy) is 2. The Balaban J connectivity index is 1.52. The first-order valence-corrected chi connectivity index (χ1v) is 10.0. The Labute approximate surface area is 194 Å². The van der Waals surface area contributed by atoms with Crippen molar-refractivity contribution in [2.45, 2.75) is 0 Å². The molecule has 0 unspecified atom stereocenters. The SMILES string of the molecule is COc1cccc(NC(=O)C(=O)N/N=C\c2ccccc2OCC(=O)Nc2ccc(F)cc2)c1. The van der Waals surface area contributed by atoms with Crippen LogP contribution in [0.5, 0.6) is 11.5 Å². The van der Waals surface area contributed by atoms with Gasteiger partial charge in [0.1, 0.15) is 17.3 Å². The zero-order chi connectivity index (χ0) is 24.3. The van der Waals surface area contributed by atoms with Crippen LogP contribution in [0, 0.1) is 5.82 Å². The molecule has 0 aliphatic carbocycles. The Hall–Kier alpha value is -4.73. The molecule has 3 aromatic rings. The summed E-state index contributed by atoms with van der Waals surface area (Å²) in [4.78, 5) is 36.1.